The molecule has 0 unspecified atom stereocenters. The Morgan fingerprint density at radius 2 is 1.40 bits per heavy atom. The first-order chi connectivity index (χ1) is 19.3. The molecule has 0 amide bonds. The van der Waals surface area contributed by atoms with E-state index in [1.54, 1.807) is 6.92 Å². The Bertz CT molecular complexity index is 1130. The van der Waals surface area contributed by atoms with Crippen LogP contribution in [0.15, 0.2) is 103 Å². The van der Waals surface area contributed by atoms with Crippen LogP contribution in [-0.2, 0) is 29.3 Å². The second kappa shape index (κ2) is 13.4. The molecule has 1 fully saturated rings. The number of carbonyl (C=O) groups excluding carboxylic acids is 1. The summed E-state index contributed by atoms with van der Waals surface area (Å²) < 4.78 is 24.9. The second-order valence-electron chi connectivity index (χ2n) is 10.9. The van der Waals surface area contributed by atoms with Crippen LogP contribution < -0.4 is 0 Å². The minimum Gasteiger partial charge on any atom is -0.463 e. The molecule has 1 aliphatic rings. The van der Waals surface area contributed by atoms with Crippen LogP contribution in [0, 0.1) is 11.8 Å². The third kappa shape index (κ3) is 6.90. The molecule has 0 bridgehead atoms. The summed E-state index contributed by atoms with van der Waals surface area (Å²) in [7, 11) is 0. The standard InChI is InChI=1S/C35H42O5/c1-6-37-32(36)23-22-26(2)33-27(3)31(39-34(4,5)40-33)24-25-38-35(28-16-10-7-11-17-28,29-18-12-8-13-19-29)30-20-14-9-15-21-30/h7-23,26-27,31,33H,6,24-25H2,1-5H3/b23-22+/t26-,27-,31+,33+/m1/s1. The maximum absolute atomic E-state index is 11.9. The van der Waals surface area contributed by atoms with E-state index in [1.807, 2.05) is 38.1 Å². The molecular formula is C35H42O5. The van der Waals surface area contributed by atoms with Gasteiger partial charge in [-0.15, -0.1) is 0 Å². The molecule has 1 heterocycles. The summed E-state index contributed by atoms with van der Waals surface area (Å²) in [4.78, 5) is 11.9. The van der Waals surface area contributed by atoms with Gasteiger partial charge in [-0.3, -0.25) is 0 Å². The van der Waals surface area contributed by atoms with E-state index in [4.69, 9.17) is 18.9 Å². The molecule has 0 spiro atoms. The van der Waals surface area contributed by atoms with Crippen molar-refractivity contribution >= 4 is 5.97 Å². The molecule has 0 saturated carbocycles. The van der Waals surface area contributed by atoms with Crippen LogP contribution in [0.4, 0.5) is 0 Å². The SMILES string of the molecule is CCOC(=O)/C=C/[C@@H](C)[C@@H]1OC(C)(C)O[C@@H](CCOC(c2ccccc2)(c2ccccc2)c2ccccc2)[C@H]1C. The maximum Gasteiger partial charge on any atom is 0.330 e. The van der Waals surface area contributed by atoms with Gasteiger partial charge in [0.05, 0.1) is 25.4 Å². The first-order valence-electron chi connectivity index (χ1n) is 14.3. The van der Waals surface area contributed by atoms with Crippen LogP contribution in [0.2, 0.25) is 0 Å². The Morgan fingerprint density at radius 3 is 1.88 bits per heavy atom. The van der Waals surface area contributed by atoms with E-state index in [0.29, 0.717) is 19.6 Å². The first kappa shape index (κ1) is 29.7. The zero-order valence-electron chi connectivity index (χ0n) is 24.3. The monoisotopic (exact) mass is 542 g/mol. The molecular weight excluding hydrogens is 500 g/mol. The lowest BCUT2D eigenvalue weighted by atomic mass is 9.80. The fourth-order valence-electron chi connectivity index (χ4n) is 5.68. The molecule has 5 heteroatoms. The highest BCUT2D eigenvalue weighted by molar-refractivity contribution is 5.81. The lowest BCUT2D eigenvalue weighted by Gasteiger charge is -2.47. The molecule has 0 aromatic heterocycles. The number of carbonyl (C=O) groups is 1. The van der Waals surface area contributed by atoms with E-state index in [0.717, 1.165) is 16.7 Å². The van der Waals surface area contributed by atoms with Crippen molar-refractivity contribution in [1.82, 2.24) is 0 Å². The molecule has 5 nitrogen and oxygen atoms in total. The molecule has 212 valence electrons. The van der Waals surface area contributed by atoms with Crippen molar-refractivity contribution in [3.63, 3.8) is 0 Å². The average Bonchev–Trinajstić information content (AvgIpc) is 2.97. The fourth-order valence-corrected chi connectivity index (χ4v) is 5.68. The van der Waals surface area contributed by atoms with Crippen LogP contribution >= 0.6 is 0 Å². The third-order valence-electron chi connectivity index (χ3n) is 7.56. The molecule has 0 aliphatic carbocycles. The van der Waals surface area contributed by atoms with E-state index >= 15 is 0 Å². The number of hydrogen-bond donors (Lipinski definition) is 0. The highest BCUT2D eigenvalue weighted by atomic mass is 16.7. The van der Waals surface area contributed by atoms with Gasteiger partial charge in [-0.2, -0.15) is 0 Å². The van der Waals surface area contributed by atoms with Crippen LogP contribution in [0.5, 0.6) is 0 Å². The lowest BCUT2D eigenvalue weighted by molar-refractivity contribution is -0.326. The number of ether oxygens (including phenoxy) is 4. The van der Waals surface area contributed by atoms with Crippen LogP contribution in [0.3, 0.4) is 0 Å². The highest BCUT2D eigenvalue weighted by Gasteiger charge is 2.43. The Morgan fingerprint density at radius 1 is 0.900 bits per heavy atom. The number of rotatable bonds is 11. The van der Waals surface area contributed by atoms with Gasteiger partial charge >= 0.3 is 5.97 Å². The predicted molar refractivity (Wildman–Crippen MR) is 158 cm³/mol. The van der Waals surface area contributed by atoms with Crippen molar-refractivity contribution in [2.24, 2.45) is 11.8 Å². The summed E-state index contributed by atoms with van der Waals surface area (Å²) in [6.45, 7) is 10.7. The minimum absolute atomic E-state index is 0.00282. The molecule has 1 saturated heterocycles. The van der Waals surface area contributed by atoms with E-state index in [1.165, 1.54) is 6.08 Å². The zero-order valence-corrected chi connectivity index (χ0v) is 24.3. The molecule has 0 N–H and O–H groups in total. The summed E-state index contributed by atoms with van der Waals surface area (Å²) in [5, 5.41) is 0. The summed E-state index contributed by atoms with van der Waals surface area (Å²) in [5.41, 5.74) is 2.45. The molecule has 4 atom stereocenters. The average molecular weight is 543 g/mol. The lowest BCUT2D eigenvalue weighted by Crippen LogP contribution is -2.52. The predicted octanol–water partition coefficient (Wildman–Crippen LogP) is 7.30. The van der Waals surface area contributed by atoms with Crippen LogP contribution in [0.1, 0.15) is 57.7 Å². The molecule has 3 aromatic carbocycles. The normalized spacial score (nSPS) is 21.7. The molecule has 0 radical (unpaired) electrons. The van der Waals surface area contributed by atoms with E-state index in [2.05, 4.69) is 86.6 Å². The zero-order chi connectivity index (χ0) is 28.6. The van der Waals surface area contributed by atoms with Crippen LogP contribution in [-0.4, -0.2) is 37.2 Å². The summed E-state index contributed by atoms with van der Waals surface area (Å²) in [5.74, 6) is -1.01. The van der Waals surface area contributed by atoms with Crippen molar-refractivity contribution in [2.75, 3.05) is 13.2 Å². The van der Waals surface area contributed by atoms with Gasteiger partial charge in [0.15, 0.2) is 5.79 Å². The van der Waals surface area contributed by atoms with Gasteiger partial charge in [-0.25, -0.2) is 4.79 Å². The van der Waals surface area contributed by atoms with E-state index in [9.17, 15) is 4.79 Å². The number of esters is 1. The van der Waals surface area contributed by atoms with Crippen molar-refractivity contribution < 1.29 is 23.7 Å². The smallest absolute Gasteiger partial charge is 0.330 e. The van der Waals surface area contributed by atoms with Gasteiger partial charge in [-0.1, -0.05) is 111 Å². The first-order valence-corrected chi connectivity index (χ1v) is 14.3. The molecule has 1 aliphatic heterocycles. The number of hydrogen-bond acceptors (Lipinski definition) is 5. The van der Waals surface area contributed by atoms with Gasteiger partial charge in [-0.05, 0) is 43.9 Å². The molecule has 4 rings (SSSR count). The summed E-state index contributed by atoms with van der Waals surface area (Å²) >= 11 is 0. The van der Waals surface area contributed by atoms with Crippen LogP contribution in [0.25, 0.3) is 0 Å². The van der Waals surface area contributed by atoms with Gasteiger partial charge in [0, 0.05) is 17.9 Å². The number of benzene rings is 3. The highest BCUT2D eigenvalue weighted by Crippen LogP contribution is 2.42. The van der Waals surface area contributed by atoms with Crippen molar-refractivity contribution in [1.29, 1.82) is 0 Å². The molecule has 40 heavy (non-hydrogen) atoms. The summed E-state index contributed by atoms with van der Waals surface area (Å²) in [6, 6.07) is 31.2. The maximum atomic E-state index is 11.9. The van der Waals surface area contributed by atoms with Gasteiger partial charge in [0.25, 0.3) is 0 Å². The van der Waals surface area contributed by atoms with Gasteiger partial charge < -0.3 is 18.9 Å². The molecule has 3 aromatic rings. The van der Waals surface area contributed by atoms with E-state index in [-0.39, 0.29) is 30.0 Å². The second-order valence-corrected chi connectivity index (χ2v) is 10.9. The van der Waals surface area contributed by atoms with E-state index < -0.39 is 11.4 Å². The minimum atomic E-state index is -0.775. The van der Waals surface area contributed by atoms with Gasteiger partial charge in [0.1, 0.15) is 5.60 Å². The Hall–Kier alpha value is -3.25. The Balaban J connectivity index is 1.59. The third-order valence-corrected chi connectivity index (χ3v) is 7.56. The quantitative estimate of drug-likeness (QED) is 0.145. The van der Waals surface area contributed by atoms with Crippen molar-refractivity contribution in [3.05, 3.63) is 120 Å². The topological polar surface area (TPSA) is 54.0 Å². The Kier molecular flexibility index (Phi) is 9.96. The van der Waals surface area contributed by atoms with Crippen molar-refractivity contribution in [2.45, 2.75) is 64.6 Å². The summed E-state index contributed by atoms with van der Waals surface area (Å²) in [6.07, 6.45) is 3.85. The fraction of sp³-hybridized carbons (Fsp3) is 0.400. The largest absolute Gasteiger partial charge is 0.463 e. The van der Waals surface area contributed by atoms with Crippen molar-refractivity contribution in [3.8, 4) is 0 Å². The Labute approximate surface area is 239 Å². The van der Waals surface area contributed by atoms with Gasteiger partial charge in [0.2, 0.25) is 0 Å².